The van der Waals surface area contributed by atoms with Gasteiger partial charge in [0.2, 0.25) is 0 Å². The van der Waals surface area contributed by atoms with Crippen LogP contribution >= 0.6 is 0 Å². The van der Waals surface area contributed by atoms with E-state index in [0.29, 0.717) is 6.54 Å². The van der Waals surface area contributed by atoms with Gasteiger partial charge in [-0.25, -0.2) is 9.67 Å². The third-order valence-corrected chi connectivity index (χ3v) is 4.17. The number of tetrazole rings is 1. The summed E-state index contributed by atoms with van der Waals surface area (Å²) in [6.07, 6.45) is 5.42. The van der Waals surface area contributed by atoms with E-state index >= 15 is 0 Å². The minimum Gasteiger partial charge on any atom is -0.395 e. The number of rotatable bonds is 4. The number of aliphatic hydroxyl groups excluding tert-OH is 1. The van der Waals surface area contributed by atoms with Gasteiger partial charge >= 0.3 is 0 Å². The maximum atomic E-state index is 9.68. The van der Waals surface area contributed by atoms with Crippen molar-refractivity contribution in [3.05, 3.63) is 24.0 Å². The Bertz CT molecular complexity index is 601. The zero-order valence-corrected chi connectivity index (χ0v) is 13.3. The summed E-state index contributed by atoms with van der Waals surface area (Å²) in [5, 5.41) is 22.0. The van der Waals surface area contributed by atoms with Crippen LogP contribution in [0.2, 0.25) is 0 Å². The average Bonchev–Trinajstić information content (AvgIpc) is 3.17. The minimum absolute atomic E-state index is 0.0940. The fourth-order valence-electron chi connectivity index (χ4n) is 3.09. The van der Waals surface area contributed by atoms with Gasteiger partial charge in [0.05, 0.1) is 24.7 Å². The summed E-state index contributed by atoms with van der Waals surface area (Å²) in [5.41, 5.74) is -0.174. The summed E-state index contributed by atoms with van der Waals surface area (Å²) < 4.78 is 1.88. The van der Waals surface area contributed by atoms with Gasteiger partial charge in [0, 0.05) is 18.4 Å². The molecule has 2 atom stereocenters. The van der Waals surface area contributed by atoms with Crippen molar-refractivity contribution in [1.29, 1.82) is 0 Å². The van der Waals surface area contributed by atoms with Crippen LogP contribution < -0.4 is 0 Å². The molecule has 8 heteroatoms. The van der Waals surface area contributed by atoms with Gasteiger partial charge in [-0.05, 0) is 44.0 Å². The molecule has 0 saturated carbocycles. The van der Waals surface area contributed by atoms with Gasteiger partial charge in [0.25, 0.3) is 0 Å². The van der Waals surface area contributed by atoms with Gasteiger partial charge in [-0.3, -0.25) is 4.90 Å². The molecule has 0 bridgehead atoms. The Hall–Kier alpha value is -1.80. The molecule has 1 saturated heterocycles. The van der Waals surface area contributed by atoms with E-state index in [1.165, 1.54) is 0 Å². The van der Waals surface area contributed by atoms with Gasteiger partial charge in [0.15, 0.2) is 5.82 Å². The van der Waals surface area contributed by atoms with E-state index in [1.807, 2.05) is 10.9 Å². The third kappa shape index (κ3) is 2.76. The molecule has 0 unspecified atom stereocenters. The number of H-pyrrole nitrogens is 1. The molecule has 0 radical (unpaired) electrons. The number of aromatic nitrogens is 6. The summed E-state index contributed by atoms with van der Waals surface area (Å²) in [7, 11) is 0. The molecular formula is C14H23N7O. The molecule has 0 spiro atoms. The summed E-state index contributed by atoms with van der Waals surface area (Å²) >= 11 is 0. The highest BCUT2D eigenvalue weighted by Crippen LogP contribution is 2.36. The Labute approximate surface area is 129 Å². The normalized spacial score (nSPS) is 23.3. The standard InChI is InChI=1S/C14H23N7O/c1-14(2,3)21-13(17-18-19-21)11-5-4-10(9-22)20(11)8-12-15-6-7-16-12/h6-7,10-11,22H,4-5,8-9H2,1-3H3,(H,15,16)/t10-,11-/m0/s1. The van der Waals surface area contributed by atoms with Crippen LogP contribution in [0.15, 0.2) is 12.4 Å². The lowest BCUT2D eigenvalue weighted by Gasteiger charge is -2.29. The van der Waals surface area contributed by atoms with Gasteiger partial charge in [-0.2, -0.15) is 0 Å². The van der Waals surface area contributed by atoms with Crippen molar-refractivity contribution < 1.29 is 5.11 Å². The zero-order valence-electron chi connectivity index (χ0n) is 13.3. The monoisotopic (exact) mass is 305 g/mol. The largest absolute Gasteiger partial charge is 0.395 e. The topological polar surface area (TPSA) is 95.8 Å². The maximum absolute atomic E-state index is 9.68. The highest BCUT2D eigenvalue weighted by molar-refractivity contribution is 5.03. The summed E-state index contributed by atoms with van der Waals surface area (Å²) in [5.74, 6) is 1.75. The van der Waals surface area contributed by atoms with Crippen LogP contribution in [0.5, 0.6) is 0 Å². The van der Waals surface area contributed by atoms with Crippen molar-refractivity contribution in [2.45, 2.75) is 57.8 Å². The Kier molecular flexibility index (Phi) is 3.96. The van der Waals surface area contributed by atoms with E-state index in [1.54, 1.807) is 6.20 Å². The van der Waals surface area contributed by atoms with E-state index in [0.717, 1.165) is 24.5 Å². The number of hydrogen-bond acceptors (Lipinski definition) is 6. The molecule has 22 heavy (non-hydrogen) atoms. The van der Waals surface area contributed by atoms with Gasteiger partial charge in [-0.1, -0.05) is 0 Å². The number of likely N-dealkylation sites (tertiary alicyclic amines) is 1. The number of imidazole rings is 1. The minimum atomic E-state index is -0.174. The van der Waals surface area contributed by atoms with Crippen LogP contribution in [0.3, 0.4) is 0 Å². The van der Waals surface area contributed by atoms with Crippen LogP contribution in [0, 0.1) is 0 Å². The number of aromatic amines is 1. The van der Waals surface area contributed by atoms with E-state index in [4.69, 9.17) is 0 Å². The molecule has 0 aliphatic carbocycles. The van der Waals surface area contributed by atoms with Gasteiger partial charge in [0.1, 0.15) is 5.82 Å². The van der Waals surface area contributed by atoms with Crippen LogP contribution in [-0.4, -0.2) is 52.8 Å². The van der Waals surface area contributed by atoms with Crippen molar-refractivity contribution >= 4 is 0 Å². The molecule has 2 aromatic heterocycles. The molecule has 2 aromatic rings. The first-order chi connectivity index (χ1) is 10.5. The van der Waals surface area contributed by atoms with Crippen molar-refractivity contribution in [2.75, 3.05) is 6.61 Å². The second-order valence-corrected chi connectivity index (χ2v) is 6.76. The van der Waals surface area contributed by atoms with Crippen molar-refractivity contribution in [3.8, 4) is 0 Å². The lowest BCUT2D eigenvalue weighted by Crippen LogP contribution is -2.36. The zero-order chi connectivity index (χ0) is 15.7. The molecule has 1 aliphatic rings. The van der Waals surface area contributed by atoms with Crippen LogP contribution in [0.4, 0.5) is 0 Å². The fraction of sp³-hybridized carbons (Fsp3) is 0.714. The highest BCUT2D eigenvalue weighted by atomic mass is 16.3. The lowest BCUT2D eigenvalue weighted by molar-refractivity contribution is 0.112. The van der Waals surface area contributed by atoms with Gasteiger partial charge < -0.3 is 10.1 Å². The number of nitrogens with zero attached hydrogens (tertiary/aromatic N) is 6. The molecule has 8 nitrogen and oxygen atoms in total. The molecule has 1 fully saturated rings. The van der Waals surface area contributed by atoms with Gasteiger partial charge in [-0.15, -0.1) is 5.10 Å². The summed E-state index contributed by atoms with van der Waals surface area (Å²) in [6, 6.07) is 0.205. The summed E-state index contributed by atoms with van der Waals surface area (Å²) in [6.45, 7) is 7.04. The summed E-state index contributed by atoms with van der Waals surface area (Å²) in [4.78, 5) is 9.67. The number of aliphatic hydroxyl groups is 1. The smallest absolute Gasteiger partial charge is 0.168 e. The molecule has 1 aliphatic heterocycles. The van der Waals surface area contributed by atoms with E-state index in [-0.39, 0.29) is 24.2 Å². The van der Waals surface area contributed by atoms with Crippen LogP contribution in [0.25, 0.3) is 0 Å². The number of hydrogen-bond donors (Lipinski definition) is 2. The fourth-order valence-corrected chi connectivity index (χ4v) is 3.09. The van der Waals surface area contributed by atoms with Crippen molar-refractivity contribution in [3.63, 3.8) is 0 Å². The number of nitrogens with one attached hydrogen (secondary N) is 1. The second kappa shape index (κ2) is 5.77. The maximum Gasteiger partial charge on any atom is 0.168 e. The first kappa shape index (κ1) is 15.1. The molecule has 120 valence electrons. The quantitative estimate of drug-likeness (QED) is 0.869. The molecular weight excluding hydrogens is 282 g/mol. The first-order valence-corrected chi connectivity index (χ1v) is 7.64. The van der Waals surface area contributed by atoms with E-state index in [9.17, 15) is 5.11 Å². The predicted octanol–water partition coefficient (Wildman–Crippen LogP) is 0.849. The lowest BCUT2D eigenvalue weighted by atomic mass is 10.1. The van der Waals surface area contributed by atoms with Crippen molar-refractivity contribution in [2.24, 2.45) is 0 Å². The Morgan fingerprint density at radius 3 is 2.82 bits per heavy atom. The Morgan fingerprint density at radius 1 is 1.36 bits per heavy atom. The van der Waals surface area contributed by atoms with Crippen LogP contribution in [-0.2, 0) is 12.1 Å². The van der Waals surface area contributed by atoms with Crippen molar-refractivity contribution in [1.82, 2.24) is 35.1 Å². The average molecular weight is 305 g/mol. The third-order valence-electron chi connectivity index (χ3n) is 4.17. The SMILES string of the molecule is CC(C)(C)n1nnnc1[C@@H]1CC[C@@H](CO)N1Cc1ncc[nH]1. The second-order valence-electron chi connectivity index (χ2n) is 6.76. The van der Waals surface area contributed by atoms with E-state index in [2.05, 4.69) is 51.2 Å². The molecule has 3 rings (SSSR count). The molecule has 0 amide bonds. The molecule has 0 aromatic carbocycles. The molecule has 2 N–H and O–H groups in total. The Morgan fingerprint density at radius 2 is 2.18 bits per heavy atom. The highest BCUT2D eigenvalue weighted by Gasteiger charge is 2.38. The molecule has 3 heterocycles. The first-order valence-electron chi connectivity index (χ1n) is 7.64. The Balaban J connectivity index is 1.90. The predicted molar refractivity (Wildman–Crippen MR) is 79.8 cm³/mol. The van der Waals surface area contributed by atoms with E-state index < -0.39 is 0 Å². The van der Waals surface area contributed by atoms with Crippen LogP contribution in [0.1, 0.15) is 51.3 Å².